The molecular weight excluding hydrogens is 472 g/mol. The molecule has 1 aliphatic rings. The third-order valence-electron chi connectivity index (χ3n) is 5.70. The number of anilines is 1. The van der Waals surface area contributed by atoms with Gasteiger partial charge >= 0.3 is 6.03 Å². The summed E-state index contributed by atoms with van der Waals surface area (Å²) in [5.74, 6) is 0.0250. The summed E-state index contributed by atoms with van der Waals surface area (Å²) >= 11 is 0. The maximum absolute atomic E-state index is 13.3. The molecule has 0 radical (unpaired) electrons. The van der Waals surface area contributed by atoms with E-state index in [1.165, 1.54) is 20.3 Å². The van der Waals surface area contributed by atoms with Crippen molar-refractivity contribution in [1.29, 1.82) is 0 Å². The molecular formula is C29H26N2O6. The average Bonchev–Trinajstić information content (AvgIpc) is 2.91. The number of hydrogen-bond donors (Lipinski definition) is 1. The third kappa shape index (κ3) is 5.54. The van der Waals surface area contributed by atoms with E-state index in [1.807, 2.05) is 30.3 Å². The fourth-order valence-corrected chi connectivity index (χ4v) is 3.95. The van der Waals surface area contributed by atoms with E-state index in [4.69, 9.17) is 14.2 Å². The molecule has 0 spiro atoms. The fraction of sp³-hybridized carbons (Fsp3) is 0.138. The second-order valence-electron chi connectivity index (χ2n) is 8.13. The van der Waals surface area contributed by atoms with Gasteiger partial charge in [-0.15, -0.1) is 6.58 Å². The van der Waals surface area contributed by atoms with E-state index in [1.54, 1.807) is 42.5 Å². The molecule has 4 amide bonds. The first-order chi connectivity index (χ1) is 17.9. The maximum Gasteiger partial charge on any atom is 0.335 e. The van der Waals surface area contributed by atoms with Gasteiger partial charge in [0.05, 0.1) is 19.9 Å². The minimum Gasteiger partial charge on any atom is -0.493 e. The summed E-state index contributed by atoms with van der Waals surface area (Å²) in [7, 11) is 3.03. The van der Waals surface area contributed by atoms with Gasteiger partial charge in [0.2, 0.25) is 0 Å². The van der Waals surface area contributed by atoms with Crippen LogP contribution < -0.4 is 24.4 Å². The highest BCUT2D eigenvalue weighted by Crippen LogP contribution is 2.34. The van der Waals surface area contributed by atoms with Crippen LogP contribution in [0.1, 0.15) is 16.7 Å². The third-order valence-corrected chi connectivity index (χ3v) is 5.70. The predicted molar refractivity (Wildman–Crippen MR) is 140 cm³/mol. The molecule has 1 fully saturated rings. The normalized spacial score (nSPS) is 14.4. The van der Waals surface area contributed by atoms with Gasteiger partial charge < -0.3 is 14.2 Å². The highest BCUT2D eigenvalue weighted by molar-refractivity contribution is 6.39. The topological polar surface area (TPSA) is 94.2 Å². The van der Waals surface area contributed by atoms with Crippen molar-refractivity contribution >= 4 is 29.6 Å². The lowest BCUT2D eigenvalue weighted by Crippen LogP contribution is -2.54. The van der Waals surface area contributed by atoms with E-state index in [0.717, 1.165) is 16.0 Å². The van der Waals surface area contributed by atoms with Gasteiger partial charge in [0.15, 0.2) is 11.5 Å². The van der Waals surface area contributed by atoms with E-state index in [-0.39, 0.29) is 5.57 Å². The zero-order chi connectivity index (χ0) is 26.4. The number of imide groups is 2. The van der Waals surface area contributed by atoms with E-state index < -0.39 is 17.8 Å². The molecule has 0 aliphatic carbocycles. The van der Waals surface area contributed by atoms with Crippen molar-refractivity contribution in [3.8, 4) is 17.2 Å². The lowest BCUT2D eigenvalue weighted by molar-refractivity contribution is -0.122. The van der Waals surface area contributed by atoms with E-state index in [0.29, 0.717) is 41.5 Å². The predicted octanol–water partition coefficient (Wildman–Crippen LogP) is 4.68. The van der Waals surface area contributed by atoms with Crippen molar-refractivity contribution in [3.05, 3.63) is 102 Å². The molecule has 188 valence electrons. The summed E-state index contributed by atoms with van der Waals surface area (Å²) in [5.41, 5.74) is 2.42. The van der Waals surface area contributed by atoms with Gasteiger partial charge in [-0.1, -0.05) is 36.4 Å². The molecule has 8 nitrogen and oxygen atoms in total. The SMILES string of the molecule is C=CCc1cc(/C=C2\C(=O)NC(=O)N(c3ccc(OCc4ccccc4)cc3)C2=O)cc(OC)c1OC. The maximum atomic E-state index is 13.3. The Morgan fingerprint density at radius 2 is 1.68 bits per heavy atom. The van der Waals surface area contributed by atoms with Crippen molar-refractivity contribution in [2.24, 2.45) is 0 Å². The monoisotopic (exact) mass is 498 g/mol. The number of hydrogen-bond acceptors (Lipinski definition) is 6. The average molecular weight is 499 g/mol. The van der Waals surface area contributed by atoms with Crippen molar-refractivity contribution in [2.75, 3.05) is 19.1 Å². The van der Waals surface area contributed by atoms with Gasteiger partial charge in [-0.05, 0) is 60.0 Å². The summed E-state index contributed by atoms with van der Waals surface area (Å²) in [5, 5.41) is 2.24. The highest BCUT2D eigenvalue weighted by Gasteiger charge is 2.37. The standard InChI is InChI=1S/C29H26N2O6/c1-4-8-21-15-20(17-25(35-2)26(21)36-3)16-24-27(32)30-29(34)31(28(24)33)22-11-13-23(14-12-22)37-18-19-9-6-5-7-10-19/h4-7,9-17H,1,8,18H2,2-3H3,(H,30,32,34)/b24-16+. The van der Waals surface area contributed by atoms with Gasteiger partial charge in [0.25, 0.3) is 11.8 Å². The molecule has 3 aromatic carbocycles. The first-order valence-corrected chi connectivity index (χ1v) is 11.5. The summed E-state index contributed by atoms with van der Waals surface area (Å²) < 4.78 is 16.6. The quantitative estimate of drug-likeness (QED) is 0.262. The number of urea groups is 1. The van der Waals surface area contributed by atoms with Crippen LogP contribution in [0.25, 0.3) is 6.08 Å². The Hall–Kier alpha value is -4.85. The summed E-state index contributed by atoms with van der Waals surface area (Å²) in [4.78, 5) is 39.4. The van der Waals surface area contributed by atoms with E-state index in [9.17, 15) is 14.4 Å². The summed E-state index contributed by atoms with van der Waals surface area (Å²) in [6.45, 7) is 4.14. The van der Waals surface area contributed by atoms with Gasteiger partial charge in [0, 0.05) is 5.56 Å². The van der Waals surface area contributed by atoms with Gasteiger partial charge in [-0.3, -0.25) is 14.9 Å². The minimum atomic E-state index is -0.829. The van der Waals surface area contributed by atoms with Crippen LogP contribution in [0.3, 0.4) is 0 Å². The number of allylic oxidation sites excluding steroid dienone is 1. The number of benzene rings is 3. The van der Waals surface area contributed by atoms with E-state index in [2.05, 4.69) is 11.9 Å². The fourth-order valence-electron chi connectivity index (χ4n) is 3.95. The molecule has 37 heavy (non-hydrogen) atoms. The molecule has 0 unspecified atom stereocenters. The van der Waals surface area contributed by atoms with Crippen LogP contribution in [0.15, 0.2) is 85.0 Å². The highest BCUT2D eigenvalue weighted by atomic mass is 16.5. The molecule has 0 atom stereocenters. The molecule has 1 heterocycles. The van der Waals surface area contributed by atoms with Crippen LogP contribution in [-0.4, -0.2) is 32.1 Å². The number of ether oxygens (including phenoxy) is 3. The van der Waals surface area contributed by atoms with Crippen molar-refractivity contribution < 1.29 is 28.6 Å². The van der Waals surface area contributed by atoms with Gasteiger partial charge in [0.1, 0.15) is 17.9 Å². The van der Waals surface area contributed by atoms with Gasteiger partial charge in [-0.25, -0.2) is 9.69 Å². The number of rotatable bonds is 9. The Kier molecular flexibility index (Phi) is 7.68. The van der Waals surface area contributed by atoms with E-state index >= 15 is 0 Å². The molecule has 0 saturated carbocycles. The first kappa shape index (κ1) is 25.2. The largest absolute Gasteiger partial charge is 0.493 e. The Morgan fingerprint density at radius 1 is 0.946 bits per heavy atom. The number of nitrogens with one attached hydrogen (secondary N) is 1. The molecule has 4 rings (SSSR count). The van der Waals surface area contributed by atoms with Crippen LogP contribution in [-0.2, 0) is 22.6 Å². The number of carbonyl (C=O) groups excluding carboxylic acids is 3. The van der Waals surface area contributed by atoms with Crippen LogP contribution in [0, 0.1) is 0 Å². The second kappa shape index (κ2) is 11.3. The molecule has 8 heteroatoms. The summed E-state index contributed by atoms with van der Waals surface area (Å²) in [6.07, 6.45) is 3.61. The lowest BCUT2D eigenvalue weighted by atomic mass is 10.0. The Morgan fingerprint density at radius 3 is 2.32 bits per heavy atom. The second-order valence-corrected chi connectivity index (χ2v) is 8.13. The Balaban J connectivity index is 1.60. The Labute approximate surface area is 214 Å². The van der Waals surface area contributed by atoms with Crippen molar-refractivity contribution in [2.45, 2.75) is 13.0 Å². The van der Waals surface area contributed by atoms with Crippen molar-refractivity contribution in [1.82, 2.24) is 5.32 Å². The van der Waals surface area contributed by atoms with Crippen LogP contribution in [0.5, 0.6) is 17.2 Å². The lowest BCUT2D eigenvalue weighted by Gasteiger charge is -2.26. The Bertz CT molecular complexity index is 1360. The molecule has 1 aliphatic heterocycles. The molecule has 0 aromatic heterocycles. The molecule has 0 bridgehead atoms. The zero-order valence-electron chi connectivity index (χ0n) is 20.5. The molecule has 1 saturated heterocycles. The summed E-state index contributed by atoms with van der Waals surface area (Å²) in [6, 6.07) is 18.8. The minimum absolute atomic E-state index is 0.194. The number of barbiturate groups is 1. The van der Waals surface area contributed by atoms with Crippen LogP contribution in [0.2, 0.25) is 0 Å². The number of methoxy groups -OCH3 is 2. The number of nitrogens with zero attached hydrogens (tertiary/aromatic N) is 1. The number of carbonyl (C=O) groups is 3. The molecule has 1 N–H and O–H groups in total. The number of amides is 4. The van der Waals surface area contributed by atoms with Crippen molar-refractivity contribution in [3.63, 3.8) is 0 Å². The zero-order valence-corrected chi connectivity index (χ0v) is 20.5. The molecule has 3 aromatic rings. The van der Waals surface area contributed by atoms with Gasteiger partial charge in [-0.2, -0.15) is 0 Å². The van der Waals surface area contributed by atoms with Crippen LogP contribution in [0.4, 0.5) is 10.5 Å². The smallest absolute Gasteiger partial charge is 0.335 e. The van der Waals surface area contributed by atoms with Crippen LogP contribution >= 0.6 is 0 Å². The first-order valence-electron chi connectivity index (χ1n) is 11.5.